The van der Waals surface area contributed by atoms with Gasteiger partial charge in [0, 0.05) is 12.0 Å². The molecule has 0 unspecified atom stereocenters. The molecular formula is C19H22N2O5. The monoisotopic (exact) mass is 358 g/mol. The zero-order valence-electron chi connectivity index (χ0n) is 15.0. The normalized spacial score (nSPS) is 9.96. The third-order valence-corrected chi connectivity index (χ3v) is 3.76. The number of ether oxygens (including phenoxy) is 3. The predicted octanol–water partition coefficient (Wildman–Crippen LogP) is 2.11. The molecule has 0 atom stereocenters. The Morgan fingerprint density at radius 3 is 2.15 bits per heavy atom. The Kier molecular flexibility index (Phi) is 6.84. The summed E-state index contributed by atoms with van der Waals surface area (Å²) in [5.74, 6) is 0.998. The minimum absolute atomic E-state index is 0.249. The molecule has 0 saturated heterocycles. The van der Waals surface area contributed by atoms with E-state index in [0.717, 1.165) is 11.3 Å². The average Bonchev–Trinajstić information content (AvgIpc) is 2.70. The molecule has 2 rings (SSSR count). The van der Waals surface area contributed by atoms with Crippen LogP contribution in [0.4, 0.5) is 0 Å². The number of hydrogen-bond donors (Lipinski definition) is 2. The van der Waals surface area contributed by atoms with Crippen molar-refractivity contribution in [2.45, 2.75) is 12.8 Å². The van der Waals surface area contributed by atoms with E-state index in [9.17, 15) is 9.59 Å². The van der Waals surface area contributed by atoms with Gasteiger partial charge in [0.1, 0.15) is 5.75 Å². The third kappa shape index (κ3) is 5.14. The number of carbonyl (C=O) groups excluding carboxylic acids is 2. The van der Waals surface area contributed by atoms with Crippen LogP contribution in [0.1, 0.15) is 22.3 Å². The second-order valence-electron chi connectivity index (χ2n) is 5.42. The van der Waals surface area contributed by atoms with Crippen molar-refractivity contribution in [3.8, 4) is 17.2 Å². The number of benzene rings is 2. The lowest BCUT2D eigenvalue weighted by Gasteiger charge is -2.11. The van der Waals surface area contributed by atoms with Gasteiger partial charge in [-0.1, -0.05) is 12.1 Å². The lowest BCUT2D eigenvalue weighted by atomic mass is 10.1. The van der Waals surface area contributed by atoms with Crippen LogP contribution in [-0.4, -0.2) is 33.1 Å². The Morgan fingerprint density at radius 1 is 0.846 bits per heavy atom. The number of hydrazine groups is 1. The van der Waals surface area contributed by atoms with E-state index in [4.69, 9.17) is 14.2 Å². The zero-order valence-corrected chi connectivity index (χ0v) is 15.0. The van der Waals surface area contributed by atoms with Crippen LogP contribution in [0.3, 0.4) is 0 Å². The molecule has 0 aliphatic rings. The summed E-state index contributed by atoms with van der Waals surface area (Å²) in [4.78, 5) is 24.0. The second kappa shape index (κ2) is 9.31. The Balaban J connectivity index is 1.83. The van der Waals surface area contributed by atoms with Crippen LogP contribution in [0.5, 0.6) is 17.2 Å². The fourth-order valence-electron chi connectivity index (χ4n) is 2.29. The first kappa shape index (κ1) is 19.1. The molecule has 0 fully saturated rings. The number of hydrogen-bond acceptors (Lipinski definition) is 5. The van der Waals surface area contributed by atoms with Gasteiger partial charge in [0.15, 0.2) is 11.5 Å². The quantitative estimate of drug-likeness (QED) is 0.741. The Labute approximate surface area is 152 Å². The van der Waals surface area contributed by atoms with E-state index in [-0.39, 0.29) is 12.3 Å². The Morgan fingerprint density at radius 2 is 1.54 bits per heavy atom. The maximum atomic E-state index is 12.1. The van der Waals surface area contributed by atoms with Gasteiger partial charge in [-0.15, -0.1) is 0 Å². The molecule has 0 bridgehead atoms. The van der Waals surface area contributed by atoms with Crippen LogP contribution >= 0.6 is 0 Å². The third-order valence-electron chi connectivity index (χ3n) is 3.76. The number of amides is 2. The van der Waals surface area contributed by atoms with Crippen molar-refractivity contribution >= 4 is 11.8 Å². The van der Waals surface area contributed by atoms with Crippen LogP contribution in [0.25, 0.3) is 0 Å². The van der Waals surface area contributed by atoms with E-state index in [1.54, 1.807) is 19.2 Å². The van der Waals surface area contributed by atoms with Gasteiger partial charge in [0.2, 0.25) is 5.91 Å². The van der Waals surface area contributed by atoms with Crippen molar-refractivity contribution < 1.29 is 23.8 Å². The van der Waals surface area contributed by atoms with Gasteiger partial charge in [-0.05, 0) is 42.3 Å². The zero-order chi connectivity index (χ0) is 18.9. The topological polar surface area (TPSA) is 85.9 Å². The molecule has 2 N–H and O–H groups in total. The van der Waals surface area contributed by atoms with Crippen molar-refractivity contribution in [1.82, 2.24) is 10.9 Å². The second-order valence-corrected chi connectivity index (χ2v) is 5.42. The molecule has 26 heavy (non-hydrogen) atoms. The summed E-state index contributed by atoms with van der Waals surface area (Å²) in [7, 11) is 4.60. The standard InChI is InChI=1S/C19H22N2O5/c1-24-15-8-4-13(5-9-15)6-11-18(22)20-21-19(23)14-7-10-16(25-2)17(12-14)26-3/h4-5,7-10,12H,6,11H2,1-3H3,(H,20,22)(H,21,23). The van der Waals surface area contributed by atoms with Crippen molar-refractivity contribution in [1.29, 1.82) is 0 Å². The summed E-state index contributed by atoms with van der Waals surface area (Å²) in [6.45, 7) is 0. The van der Waals surface area contributed by atoms with Crippen LogP contribution in [0.2, 0.25) is 0 Å². The Bertz CT molecular complexity index is 759. The molecule has 0 radical (unpaired) electrons. The van der Waals surface area contributed by atoms with Crippen molar-refractivity contribution in [2.24, 2.45) is 0 Å². The first-order chi connectivity index (χ1) is 12.6. The summed E-state index contributed by atoms with van der Waals surface area (Å²) in [6, 6.07) is 12.2. The van der Waals surface area contributed by atoms with Crippen LogP contribution in [0.15, 0.2) is 42.5 Å². The molecule has 0 spiro atoms. The van der Waals surface area contributed by atoms with Gasteiger partial charge >= 0.3 is 0 Å². The highest BCUT2D eigenvalue weighted by Gasteiger charge is 2.11. The first-order valence-corrected chi connectivity index (χ1v) is 8.01. The summed E-state index contributed by atoms with van der Waals surface area (Å²) >= 11 is 0. The Hall–Kier alpha value is -3.22. The molecule has 0 heterocycles. The molecule has 7 nitrogen and oxygen atoms in total. The molecule has 0 aromatic heterocycles. The van der Waals surface area contributed by atoms with E-state index >= 15 is 0 Å². The van der Waals surface area contributed by atoms with Crippen molar-refractivity contribution in [2.75, 3.05) is 21.3 Å². The van der Waals surface area contributed by atoms with Crippen LogP contribution < -0.4 is 25.1 Å². The number of aryl methyl sites for hydroxylation is 1. The van der Waals surface area contributed by atoms with E-state index in [1.807, 2.05) is 24.3 Å². The van der Waals surface area contributed by atoms with Gasteiger partial charge in [-0.3, -0.25) is 20.4 Å². The van der Waals surface area contributed by atoms with Gasteiger partial charge in [-0.25, -0.2) is 0 Å². The maximum absolute atomic E-state index is 12.1. The first-order valence-electron chi connectivity index (χ1n) is 8.01. The molecule has 7 heteroatoms. The van der Waals surface area contributed by atoms with Gasteiger partial charge in [0.05, 0.1) is 21.3 Å². The molecular weight excluding hydrogens is 336 g/mol. The van der Waals surface area contributed by atoms with Gasteiger partial charge < -0.3 is 14.2 Å². The summed E-state index contributed by atoms with van der Waals surface area (Å²) in [6.07, 6.45) is 0.806. The number of nitrogens with one attached hydrogen (secondary N) is 2. The number of rotatable bonds is 7. The summed E-state index contributed by atoms with van der Waals surface area (Å²) < 4.78 is 15.4. The highest BCUT2D eigenvalue weighted by Crippen LogP contribution is 2.27. The van der Waals surface area contributed by atoms with Crippen molar-refractivity contribution in [3.63, 3.8) is 0 Å². The molecule has 138 valence electrons. The average molecular weight is 358 g/mol. The smallest absolute Gasteiger partial charge is 0.269 e. The van der Waals surface area contributed by atoms with E-state index < -0.39 is 5.91 Å². The SMILES string of the molecule is COc1ccc(CCC(=O)NNC(=O)c2ccc(OC)c(OC)c2)cc1. The molecule has 0 saturated carbocycles. The highest BCUT2D eigenvalue weighted by molar-refractivity contribution is 5.96. The van der Waals surface area contributed by atoms with E-state index in [1.165, 1.54) is 20.3 Å². The minimum atomic E-state index is -0.441. The highest BCUT2D eigenvalue weighted by atomic mass is 16.5. The summed E-state index contributed by atoms with van der Waals surface area (Å²) in [5, 5.41) is 0. The van der Waals surface area contributed by atoms with Crippen molar-refractivity contribution in [3.05, 3.63) is 53.6 Å². The van der Waals surface area contributed by atoms with E-state index in [2.05, 4.69) is 10.9 Å². The van der Waals surface area contributed by atoms with Crippen LogP contribution in [-0.2, 0) is 11.2 Å². The lowest BCUT2D eigenvalue weighted by Crippen LogP contribution is -2.41. The molecule has 2 aromatic rings. The fraction of sp³-hybridized carbons (Fsp3) is 0.263. The molecule has 0 aliphatic heterocycles. The number of carbonyl (C=O) groups is 2. The maximum Gasteiger partial charge on any atom is 0.269 e. The van der Waals surface area contributed by atoms with Gasteiger partial charge in [-0.2, -0.15) is 0 Å². The minimum Gasteiger partial charge on any atom is -0.497 e. The lowest BCUT2D eigenvalue weighted by molar-refractivity contribution is -0.121. The fourth-order valence-corrected chi connectivity index (χ4v) is 2.29. The molecule has 2 aromatic carbocycles. The molecule has 0 aliphatic carbocycles. The number of methoxy groups -OCH3 is 3. The van der Waals surface area contributed by atoms with Gasteiger partial charge in [0.25, 0.3) is 5.91 Å². The molecule has 2 amide bonds. The van der Waals surface area contributed by atoms with Crippen LogP contribution in [0, 0.1) is 0 Å². The van der Waals surface area contributed by atoms with E-state index in [0.29, 0.717) is 23.5 Å². The predicted molar refractivity (Wildman–Crippen MR) is 96.5 cm³/mol. The summed E-state index contributed by atoms with van der Waals surface area (Å²) in [5.41, 5.74) is 6.14. The largest absolute Gasteiger partial charge is 0.497 e.